The molecular formula is C15H17ClN2O2S. The summed E-state index contributed by atoms with van der Waals surface area (Å²) in [6, 6.07) is 9.06. The van der Waals surface area contributed by atoms with Crippen LogP contribution in [0.2, 0.25) is 5.02 Å². The summed E-state index contributed by atoms with van der Waals surface area (Å²) in [7, 11) is 0. The highest BCUT2D eigenvalue weighted by molar-refractivity contribution is 7.10. The van der Waals surface area contributed by atoms with Gasteiger partial charge in [-0.05, 0) is 29.5 Å². The number of hydrogen-bond acceptors (Lipinski definition) is 4. The van der Waals surface area contributed by atoms with Gasteiger partial charge in [0, 0.05) is 29.6 Å². The van der Waals surface area contributed by atoms with Crippen molar-refractivity contribution in [1.29, 1.82) is 0 Å². The Kier molecular flexibility index (Phi) is 5.73. The summed E-state index contributed by atoms with van der Waals surface area (Å²) in [5.41, 5.74) is 0.895. The van der Waals surface area contributed by atoms with Crippen LogP contribution in [0.4, 0.5) is 5.69 Å². The number of nitro groups is 1. The van der Waals surface area contributed by atoms with Crippen LogP contribution in [0.25, 0.3) is 0 Å². The number of thiophene rings is 1. The molecule has 0 saturated heterocycles. The second-order valence-corrected chi connectivity index (χ2v) is 6.16. The van der Waals surface area contributed by atoms with Gasteiger partial charge in [0.1, 0.15) is 0 Å². The minimum atomic E-state index is -0.436. The number of nitrogens with one attached hydrogen (secondary N) is 1. The Morgan fingerprint density at radius 3 is 2.81 bits per heavy atom. The van der Waals surface area contributed by atoms with Gasteiger partial charge in [0.05, 0.1) is 9.95 Å². The lowest BCUT2D eigenvalue weighted by molar-refractivity contribution is -0.384. The highest BCUT2D eigenvalue weighted by Crippen LogP contribution is 2.26. The molecule has 0 aliphatic rings. The quantitative estimate of drug-likeness (QED) is 0.579. The molecule has 0 aliphatic carbocycles. The molecule has 0 bridgehead atoms. The van der Waals surface area contributed by atoms with E-state index < -0.39 is 4.92 Å². The minimum absolute atomic E-state index is 0.0205. The summed E-state index contributed by atoms with van der Waals surface area (Å²) in [4.78, 5) is 11.6. The van der Waals surface area contributed by atoms with Crippen molar-refractivity contribution in [2.24, 2.45) is 0 Å². The molecule has 0 saturated carbocycles. The molecule has 0 amide bonds. The zero-order valence-electron chi connectivity index (χ0n) is 11.7. The molecule has 21 heavy (non-hydrogen) atoms. The summed E-state index contributed by atoms with van der Waals surface area (Å²) in [6.45, 7) is 2.75. The van der Waals surface area contributed by atoms with Crippen LogP contribution < -0.4 is 5.32 Å². The molecule has 1 aromatic heterocycles. The van der Waals surface area contributed by atoms with Crippen molar-refractivity contribution in [3.8, 4) is 0 Å². The normalized spacial score (nSPS) is 12.3. The lowest BCUT2D eigenvalue weighted by atomic mass is 10.1. The highest BCUT2D eigenvalue weighted by atomic mass is 35.5. The molecule has 6 heteroatoms. The van der Waals surface area contributed by atoms with Crippen LogP contribution in [0.5, 0.6) is 0 Å². The van der Waals surface area contributed by atoms with Crippen LogP contribution in [0, 0.1) is 10.1 Å². The second kappa shape index (κ2) is 7.54. The van der Waals surface area contributed by atoms with Crippen molar-refractivity contribution >= 4 is 28.6 Å². The monoisotopic (exact) mass is 324 g/mol. The van der Waals surface area contributed by atoms with E-state index in [1.54, 1.807) is 17.4 Å². The molecule has 1 aromatic carbocycles. The number of hydrogen-bond donors (Lipinski definition) is 1. The van der Waals surface area contributed by atoms with Crippen molar-refractivity contribution in [3.63, 3.8) is 0 Å². The Morgan fingerprint density at radius 2 is 2.24 bits per heavy atom. The standard InChI is InChI=1S/C15H17ClN2O2S/c1-2-4-14(15-5-3-8-21-15)17-10-11-6-7-12(18(19)20)9-13(11)16/h3,5-9,14,17H,2,4,10H2,1H3. The van der Waals surface area contributed by atoms with Gasteiger partial charge in [-0.2, -0.15) is 0 Å². The number of benzene rings is 1. The average molecular weight is 325 g/mol. The van der Waals surface area contributed by atoms with E-state index in [4.69, 9.17) is 11.6 Å². The molecular weight excluding hydrogens is 308 g/mol. The summed E-state index contributed by atoms with van der Waals surface area (Å²) in [5, 5.41) is 16.7. The predicted octanol–water partition coefficient (Wildman–Crippen LogP) is 4.94. The number of non-ortho nitro benzene ring substituents is 1. The fraction of sp³-hybridized carbons (Fsp3) is 0.333. The van der Waals surface area contributed by atoms with Crippen LogP contribution in [0.1, 0.15) is 36.2 Å². The van der Waals surface area contributed by atoms with Crippen LogP contribution in [0.3, 0.4) is 0 Å². The smallest absolute Gasteiger partial charge is 0.270 e. The first kappa shape index (κ1) is 15.9. The van der Waals surface area contributed by atoms with Crippen molar-refractivity contribution < 1.29 is 4.92 Å². The number of nitrogens with zero attached hydrogens (tertiary/aromatic N) is 1. The van der Waals surface area contributed by atoms with E-state index >= 15 is 0 Å². The average Bonchev–Trinajstić information content (AvgIpc) is 2.98. The second-order valence-electron chi connectivity index (χ2n) is 4.77. The molecule has 4 nitrogen and oxygen atoms in total. The number of halogens is 1. The number of nitro benzene ring substituents is 1. The molecule has 1 heterocycles. The van der Waals surface area contributed by atoms with Gasteiger partial charge in [-0.25, -0.2) is 0 Å². The molecule has 0 spiro atoms. The molecule has 0 radical (unpaired) electrons. The first-order chi connectivity index (χ1) is 10.1. The van der Waals surface area contributed by atoms with E-state index in [0.29, 0.717) is 17.6 Å². The predicted molar refractivity (Wildman–Crippen MR) is 86.9 cm³/mol. The van der Waals surface area contributed by atoms with Gasteiger partial charge in [0.15, 0.2) is 0 Å². The summed E-state index contributed by atoms with van der Waals surface area (Å²) < 4.78 is 0. The largest absolute Gasteiger partial charge is 0.305 e. The van der Waals surface area contributed by atoms with Gasteiger partial charge >= 0.3 is 0 Å². The Balaban J connectivity index is 2.05. The van der Waals surface area contributed by atoms with E-state index in [1.807, 2.05) is 6.07 Å². The van der Waals surface area contributed by atoms with Gasteiger partial charge in [0.25, 0.3) is 5.69 Å². The third-order valence-electron chi connectivity index (χ3n) is 3.25. The number of rotatable bonds is 7. The first-order valence-corrected chi connectivity index (χ1v) is 8.07. The third kappa shape index (κ3) is 4.27. The molecule has 112 valence electrons. The van der Waals surface area contributed by atoms with Crippen molar-refractivity contribution in [1.82, 2.24) is 5.32 Å². The maximum atomic E-state index is 10.7. The van der Waals surface area contributed by atoms with Gasteiger partial charge in [-0.3, -0.25) is 10.1 Å². The van der Waals surface area contributed by atoms with Gasteiger partial charge in [-0.1, -0.05) is 31.0 Å². The van der Waals surface area contributed by atoms with Gasteiger partial charge in [-0.15, -0.1) is 11.3 Å². The van der Waals surface area contributed by atoms with Crippen molar-refractivity contribution in [3.05, 3.63) is 61.3 Å². The van der Waals surface area contributed by atoms with E-state index in [0.717, 1.165) is 18.4 Å². The van der Waals surface area contributed by atoms with E-state index in [1.165, 1.54) is 17.0 Å². The van der Waals surface area contributed by atoms with Crippen molar-refractivity contribution in [2.75, 3.05) is 0 Å². The lowest BCUT2D eigenvalue weighted by Crippen LogP contribution is -2.20. The van der Waals surface area contributed by atoms with Crippen LogP contribution in [0.15, 0.2) is 35.7 Å². The van der Waals surface area contributed by atoms with Gasteiger partial charge < -0.3 is 5.32 Å². The molecule has 2 aromatic rings. The highest BCUT2D eigenvalue weighted by Gasteiger charge is 2.13. The summed E-state index contributed by atoms with van der Waals surface area (Å²) in [5.74, 6) is 0. The lowest BCUT2D eigenvalue weighted by Gasteiger charge is -2.17. The maximum Gasteiger partial charge on any atom is 0.270 e. The summed E-state index contributed by atoms with van der Waals surface area (Å²) in [6.07, 6.45) is 2.13. The Hall–Kier alpha value is -1.43. The van der Waals surface area contributed by atoms with Gasteiger partial charge in [0.2, 0.25) is 0 Å². The first-order valence-electron chi connectivity index (χ1n) is 6.81. The van der Waals surface area contributed by atoms with E-state index in [-0.39, 0.29) is 5.69 Å². The maximum absolute atomic E-state index is 10.7. The SMILES string of the molecule is CCCC(NCc1ccc([N+](=O)[O-])cc1Cl)c1cccs1. The fourth-order valence-electron chi connectivity index (χ4n) is 2.15. The molecule has 0 aliphatic heterocycles. The minimum Gasteiger partial charge on any atom is -0.305 e. The molecule has 0 fully saturated rings. The van der Waals surface area contributed by atoms with Crippen LogP contribution in [-0.2, 0) is 6.54 Å². The molecule has 1 N–H and O–H groups in total. The molecule has 1 atom stereocenters. The van der Waals surface area contributed by atoms with Crippen LogP contribution >= 0.6 is 22.9 Å². The van der Waals surface area contributed by atoms with Crippen molar-refractivity contribution in [2.45, 2.75) is 32.4 Å². The third-order valence-corrected chi connectivity index (χ3v) is 4.59. The van der Waals surface area contributed by atoms with E-state index in [2.05, 4.69) is 23.7 Å². The molecule has 1 unspecified atom stereocenters. The Morgan fingerprint density at radius 1 is 1.43 bits per heavy atom. The van der Waals surface area contributed by atoms with E-state index in [9.17, 15) is 10.1 Å². The zero-order chi connectivity index (χ0) is 15.2. The van der Waals surface area contributed by atoms with Crippen LogP contribution in [-0.4, -0.2) is 4.92 Å². The summed E-state index contributed by atoms with van der Waals surface area (Å²) >= 11 is 7.85. The zero-order valence-corrected chi connectivity index (χ0v) is 13.3. The Labute approximate surface area is 132 Å². The topological polar surface area (TPSA) is 55.2 Å². The Bertz CT molecular complexity index is 602. The fourth-order valence-corrected chi connectivity index (χ4v) is 3.23. The molecule has 2 rings (SSSR count).